The summed E-state index contributed by atoms with van der Waals surface area (Å²) in [6, 6.07) is 25.7. The van der Waals surface area contributed by atoms with Crippen molar-refractivity contribution < 1.29 is 9.13 Å². The fourth-order valence-electron chi connectivity index (χ4n) is 4.18. The molecule has 0 fully saturated rings. The van der Waals surface area contributed by atoms with Crippen molar-refractivity contribution in [3.05, 3.63) is 120 Å². The topological polar surface area (TPSA) is 39.0 Å². The molecule has 0 aliphatic rings. The van der Waals surface area contributed by atoms with Gasteiger partial charge in [0.2, 0.25) is 0 Å². The van der Waals surface area contributed by atoms with E-state index in [9.17, 15) is 0 Å². The zero-order chi connectivity index (χ0) is 29.6. The second-order valence-electron chi connectivity index (χ2n) is 10.3. The van der Waals surface area contributed by atoms with Gasteiger partial charge in [0.15, 0.2) is 24.8 Å². The molecule has 0 saturated heterocycles. The van der Waals surface area contributed by atoms with Gasteiger partial charge in [0.1, 0.15) is 14.1 Å². The van der Waals surface area contributed by atoms with Gasteiger partial charge in [-0.25, -0.2) is 9.13 Å². The maximum atomic E-state index is 4.57. The van der Waals surface area contributed by atoms with Crippen LogP contribution in [0.25, 0.3) is 0 Å². The molecule has 218 valence electrons. The molecule has 0 bridgehead atoms. The average molecular weight is 599 g/mol. The van der Waals surface area contributed by atoms with Gasteiger partial charge in [0.25, 0.3) is 0 Å². The molecule has 6 nitrogen and oxygen atoms in total. The second kappa shape index (κ2) is 16.7. The lowest BCUT2D eigenvalue weighted by Crippen LogP contribution is -2.25. The van der Waals surface area contributed by atoms with E-state index >= 15 is 0 Å². The molecule has 2 heterocycles. The van der Waals surface area contributed by atoms with E-state index in [0.717, 1.165) is 35.3 Å². The first-order valence-corrected chi connectivity index (χ1v) is 16.8. The molecule has 42 heavy (non-hydrogen) atoms. The van der Waals surface area contributed by atoms with Crippen LogP contribution >= 0.6 is 21.6 Å². The lowest BCUT2D eigenvalue weighted by atomic mass is 10.1. The quantitative estimate of drug-likeness (QED) is 0.0535. The first kappa shape index (κ1) is 31.3. The van der Waals surface area contributed by atoms with Gasteiger partial charge in [0, 0.05) is 61.0 Å². The summed E-state index contributed by atoms with van der Waals surface area (Å²) in [5, 5.41) is 13.0. The zero-order valence-electron chi connectivity index (χ0n) is 25.1. The summed E-state index contributed by atoms with van der Waals surface area (Å²) in [7, 11) is 12.0. The van der Waals surface area contributed by atoms with Crippen LogP contribution < -0.4 is 19.2 Å². The van der Waals surface area contributed by atoms with Crippen LogP contribution in [-0.4, -0.2) is 38.0 Å². The van der Waals surface area contributed by atoms with Crippen LogP contribution in [0.2, 0.25) is 0 Å². The SMILES string of the molecule is CN(/N=C/c1cc[n+](C)cc1)c1ccc(CCCSSCCCc2ccc(N(C)/N=C/c3cc[n+](C)cc3)cc2)cc1. The van der Waals surface area contributed by atoms with Gasteiger partial charge in [-0.2, -0.15) is 10.2 Å². The molecule has 0 saturated carbocycles. The van der Waals surface area contributed by atoms with E-state index in [-0.39, 0.29) is 0 Å². The number of nitrogens with zero attached hydrogens (tertiary/aromatic N) is 6. The summed E-state index contributed by atoms with van der Waals surface area (Å²) in [6.45, 7) is 0. The molecule has 0 radical (unpaired) electrons. The van der Waals surface area contributed by atoms with Crippen LogP contribution in [0.5, 0.6) is 0 Å². The third-order valence-electron chi connectivity index (χ3n) is 6.86. The molecule has 0 spiro atoms. The molecule has 8 heteroatoms. The predicted molar refractivity (Wildman–Crippen MR) is 182 cm³/mol. The summed E-state index contributed by atoms with van der Waals surface area (Å²) in [4.78, 5) is 0. The van der Waals surface area contributed by atoms with Crippen molar-refractivity contribution in [1.82, 2.24) is 0 Å². The minimum absolute atomic E-state index is 1.09. The van der Waals surface area contributed by atoms with Crippen molar-refractivity contribution in [2.24, 2.45) is 24.3 Å². The van der Waals surface area contributed by atoms with Crippen molar-refractivity contribution in [2.75, 3.05) is 35.6 Å². The zero-order valence-corrected chi connectivity index (χ0v) is 26.8. The Labute approximate surface area is 259 Å². The number of hydrogen-bond acceptors (Lipinski definition) is 6. The predicted octanol–water partition coefficient (Wildman–Crippen LogP) is 6.22. The average Bonchev–Trinajstić information content (AvgIpc) is 3.02. The van der Waals surface area contributed by atoms with Crippen LogP contribution in [0.4, 0.5) is 11.4 Å². The number of pyridine rings is 2. The van der Waals surface area contributed by atoms with Gasteiger partial charge < -0.3 is 0 Å². The fraction of sp³-hybridized carbons (Fsp3) is 0.294. The minimum atomic E-state index is 1.09. The highest BCUT2D eigenvalue weighted by atomic mass is 33.1. The molecule has 2 aromatic heterocycles. The summed E-state index contributed by atoms with van der Waals surface area (Å²) in [6.07, 6.45) is 16.5. The first-order chi connectivity index (χ1) is 20.5. The van der Waals surface area contributed by atoms with Crippen molar-refractivity contribution in [1.29, 1.82) is 0 Å². The van der Waals surface area contributed by atoms with Gasteiger partial charge in [-0.1, -0.05) is 45.9 Å². The standard InChI is InChI=1S/C34H42N6S2/c1-37-21-17-31(18-22-37)27-35-39(3)33-13-9-29(10-14-33)7-5-25-41-42-26-6-8-30-11-15-34(16-12-30)40(4)36-28-32-19-23-38(2)24-20-32/h9-24,27-28H,5-8,25-26H2,1-4H3/q+2. The van der Waals surface area contributed by atoms with Crippen LogP contribution in [0.15, 0.2) is 108 Å². The maximum absolute atomic E-state index is 4.57. The molecule has 0 unspecified atom stereocenters. The van der Waals surface area contributed by atoms with Crippen molar-refractivity contribution in [2.45, 2.75) is 25.7 Å². The van der Waals surface area contributed by atoms with Crippen LogP contribution in [0.3, 0.4) is 0 Å². The number of aromatic nitrogens is 2. The Morgan fingerprint density at radius 2 is 0.929 bits per heavy atom. The van der Waals surface area contributed by atoms with E-state index in [0.29, 0.717) is 0 Å². The molecule has 0 amide bonds. The van der Waals surface area contributed by atoms with Gasteiger partial charge in [-0.15, -0.1) is 0 Å². The largest absolute Gasteiger partial charge is 0.269 e. The number of hydrazone groups is 2. The Kier molecular flexibility index (Phi) is 12.5. The molecule has 0 atom stereocenters. The van der Waals surface area contributed by atoms with E-state index in [2.05, 4.69) is 83.0 Å². The van der Waals surface area contributed by atoms with Gasteiger partial charge in [-0.05, 0) is 61.1 Å². The highest BCUT2D eigenvalue weighted by molar-refractivity contribution is 8.76. The van der Waals surface area contributed by atoms with E-state index < -0.39 is 0 Å². The highest BCUT2D eigenvalue weighted by Crippen LogP contribution is 2.25. The number of aryl methyl sites for hydroxylation is 4. The molecule has 0 aliphatic heterocycles. The van der Waals surface area contributed by atoms with Gasteiger partial charge in [-0.3, -0.25) is 10.0 Å². The molecule has 4 aromatic rings. The Bertz CT molecular complexity index is 1290. The lowest BCUT2D eigenvalue weighted by Gasteiger charge is -2.13. The van der Waals surface area contributed by atoms with E-state index in [1.54, 1.807) is 0 Å². The van der Waals surface area contributed by atoms with Crippen molar-refractivity contribution in [3.8, 4) is 0 Å². The maximum Gasteiger partial charge on any atom is 0.169 e. The van der Waals surface area contributed by atoms with Crippen LogP contribution in [0.1, 0.15) is 35.1 Å². The Hall–Kier alpha value is -3.62. The third-order valence-corrected chi connectivity index (χ3v) is 9.44. The van der Waals surface area contributed by atoms with Crippen molar-refractivity contribution in [3.63, 3.8) is 0 Å². The molecule has 0 N–H and O–H groups in total. The minimum Gasteiger partial charge on any atom is -0.269 e. The molecular weight excluding hydrogens is 557 g/mol. The Morgan fingerprint density at radius 1 is 0.571 bits per heavy atom. The molecule has 0 aliphatic carbocycles. The molecule has 2 aromatic carbocycles. The molecule has 4 rings (SSSR count). The van der Waals surface area contributed by atoms with Crippen molar-refractivity contribution >= 4 is 45.4 Å². The fourth-order valence-corrected chi connectivity index (χ4v) is 6.36. The van der Waals surface area contributed by atoms with Gasteiger partial charge >= 0.3 is 0 Å². The number of hydrogen-bond donors (Lipinski definition) is 0. The second-order valence-corrected chi connectivity index (χ2v) is 13.0. The first-order valence-electron chi connectivity index (χ1n) is 14.3. The monoisotopic (exact) mass is 598 g/mol. The molecular formula is C34H42N6S2+2. The van der Waals surface area contributed by atoms with E-state index in [1.165, 1.54) is 35.5 Å². The number of anilines is 2. The van der Waals surface area contributed by atoms with Crippen LogP contribution in [0, 0.1) is 0 Å². The summed E-state index contributed by atoms with van der Waals surface area (Å²) in [5.41, 5.74) is 7.12. The third kappa shape index (κ3) is 10.7. The lowest BCUT2D eigenvalue weighted by molar-refractivity contribution is -0.671. The van der Waals surface area contributed by atoms with E-state index in [1.807, 2.05) is 106 Å². The smallest absolute Gasteiger partial charge is 0.169 e. The highest BCUT2D eigenvalue weighted by Gasteiger charge is 2.02. The summed E-state index contributed by atoms with van der Waals surface area (Å²) in [5.74, 6) is 2.35. The summed E-state index contributed by atoms with van der Waals surface area (Å²) >= 11 is 0. The van der Waals surface area contributed by atoms with Crippen LogP contribution in [-0.2, 0) is 26.9 Å². The Morgan fingerprint density at radius 3 is 1.29 bits per heavy atom. The normalized spacial score (nSPS) is 11.4. The van der Waals surface area contributed by atoms with Gasteiger partial charge in [0.05, 0.1) is 23.8 Å². The Balaban J connectivity index is 1.07. The number of benzene rings is 2. The number of rotatable bonds is 15. The van der Waals surface area contributed by atoms with E-state index in [4.69, 9.17) is 0 Å². The summed E-state index contributed by atoms with van der Waals surface area (Å²) < 4.78 is 4.03.